The molecule has 116 valence electrons. The van der Waals surface area contributed by atoms with E-state index in [4.69, 9.17) is 0 Å². The Morgan fingerprint density at radius 2 is 1.82 bits per heavy atom. The largest absolute Gasteiger partial charge is 0.355 e. The monoisotopic (exact) mass is 296 g/mol. The lowest BCUT2D eigenvalue weighted by molar-refractivity contribution is -0.120. The Morgan fingerprint density at radius 1 is 1.09 bits per heavy atom. The molecule has 1 N–H and O–H groups in total. The molecule has 1 heterocycles. The lowest BCUT2D eigenvalue weighted by atomic mass is 9.86. The molecular formula is C19H24N2O. The second-order valence-corrected chi connectivity index (χ2v) is 6.54. The highest BCUT2D eigenvalue weighted by atomic mass is 16.1. The van der Waals surface area contributed by atoms with Crippen LogP contribution in [0.5, 0.6) is 0 Å². The molecule has 0 radical (unpaired) electrons. The number of aromatic nitrogens is 1. The predicted molar refractivity (Wildman–Crippen MR) is 89.8 cm³/mol. The first-order valence-corrected chi connectivity index (χ1v) is 7.71. The Hall–Kier alpha value is -2.16. The zero-order valence-corrected chi connectivity index (χ0v) is 13.6. The van der Waals surface area contributed by atoms with Crippen LogP contribution in [0.15, 0.2) is 48.7 Å². The fourth-order valence-electron chi connectivity index (χ4n) is 2.25. The first-order chi connectivity index (χ1) is 10.4. The second-order valence-electron chi connectivity index (χ2n) is 6.54. The normalized spacial score (nSPS) is 11.2. The number of pyridine rings is 1. The molecule has 3 nitrogen and oxygen atoms in total. The van der Waals surface area contributed by atoms with Crippen LogP contribution in [0.4, 0.5) is 0 Å². The summed E-state index contributed by atoms with van der Waals surface area (Å²) in [6.07, 6.45) is 2.89. The number of amides is 1. The van der Waals surface area contributed by atoms with E-state index >= 15 is 0 Å². The van der Waals surface area contributed by atoms with Gasteiger partial charge >= 0.3 is 0 Å². The van der Waals surface area contributed by atoms with Crippen molar-refractivity contribution in [3.05, 3.63) is 65.5 Å². The highest BCUT2D eigenvalue weighted by molar-refractivity contribution is 5.78. The van der Waals surface area contributed by atoms with Gasteiger partial charge in [-0.15, -0.1) is 0 Å². The number of nitrogens with one attached hydrogen (secondary N) is 1. The molecule has 2 aromatic rings. The first-order valence-electron chi connectivity index (χ1n) is 7.71. The lowest BCUT2D eigenvalue weighted by Gasteiger charge is -2.19. The minimum atomic E-state index is 0.0185. The van der Waals surface area contributed by atoms with Gasteiger partial charge in [0.15, 0.2) is 0 Å². The number of carbonyl (C=O) groups is 1. The topological polar surface area (TPSA) is 42.0 Å². The average Bonchev–Trinajstić information content (AvgIpc) is 2.48. The fraction of sp³-hybridized carbons (Fsp3) is 0.368. The highest BCUT2D eigenvalue weighted by Crippen LogP contribution is 2.22. The van der Waals surface area contributed by atoms with Crippen LogP contribution in [0.25, 0.3) is 0 Å². The summed E-state index contributed by atoms with van der Waals surface area (Å²) < 4.78 is 0. The zero-order valence-electron chi connectivity index (χ0n) is 13.6. The van der Waals surface area contributed by atoms with Crippen LogP contribution in [0.2, 0.25) is 0 Å². The molecule has 0 saturated carbocycles. The summed E-state index contributed by atoms with van der Waals surface area (Å²) in [6, 6.07) is 14.2. The number of nitrogens with zero attached hydrogens (tertiary/aromatic N) is 1. The van der Waals surface area contributed by atoms with Gasteiger partial charge in [-0.3, -0.25) is 9.78 Å². The smallest absolute Gasteiger partial charge is 0.226 e. The van der Waals surface area contributed by atoms with E-state index in [-0.39, 0.29) is 11.3 Å². The molecule has 0 unspecified atom stereocenters. The number of carbonyl (C=O) groups excluding carboxylic acids is 1. The first kappa shape index (κ1) is 16.2. The molecule has 0 aliphatic heterocycles. The molecule has 0 atom stereocenters. The maximum Gasteiger partial charge on any atom is 0.226 e. The van der Waals surface area contributed by atoms with Crippen molar-refractivity contribution >= 4 is 5.91 Å². The van der Waals surface area contributed by atoms with Crippen molar-refractivity contribution in [2.45, 2.75) is 39.0 Å². The van der Waals surface area contributed by atoms with Crippen LogP contribution < -0.4 is 5.32 Å². The van der Waals surface area contributed by atoms with Crippen LogP contribution in [-0.2, 0) is 23.1 Å². The Morgan fingerprint density at radius 3 is 2.41 bits per heavy atom. The van der Waals surface area contributed by atoms with Gasteiger partial charge in [-0.2, -0.15) is 0 Å². The Kier molecular flexibility index (Phi) is 5.31. The Bertz CT molecular complexity index is 598. The van der Waals surface area contributed by atoms with Crippen molar-refractivity contribution in [2.75, 3.05) is 6.54 Å². The molecule has 0 fully saturated rings. The molecule has 0 aliphatic carbocycles. The third-order valence-corrected chi connectivity index (χ3v) is 3.62. The molecule has 0 aliphatic rings. The third-order valence-electron chi connectivity index (χ3n) is 3.62. The van der Waals surface area contributed by atoms with Crippen molar-refractivity contribution < 1.29 is 4.79 Å². The second kappa shape index (κ2) is 7.21. The summed E-state index contributed by atoms with van der Waals surface area (Å²) in [6.45, 7) is 7.28. The van der Waals surface area contributed by atoms with E-state index in [9.17, 15) is 4.79 Å². The Labute approximate surface area is 132 Å². The summed E-state index contributed by atoms with van der Waals surface area (Å²) in [4.78, 5) is 16.0. The SMILES string of the molecule is CC(C)(C)c1ccc(CCNC(=O)Cc2ccccn2)cc1. The molecule has 1 aromatic carbocycles. The molecule has 22 heavy (non-hydrogen) atoms. The number of hydrogen-bond acceptors (Lipinski definition) is 2. The molecule has 2 rings (SSSR count). The van der Waals surface area contributed by atoms with Gasteiger partial charge in [0.1, 0.15) is 0 Å². The molecule has 0 spiro atoms. The van der Waals surface area contributed by atoms with Crippen LogP contribution in [0.3, 0.4) is 0 Å². The van der Waals surface area contributed by atoms with Gasteiger partial charge in [-0.25, -0.2) is 0 Å². The van der Waals surface area contributed by atoms with Crippen molar-refractivity contribution in [2.24, 2.45) is 0 Å². The van der Waals surface area contributed by atoms with E-state index in [1.54, 1.807) is 6.20 Å². The fourth-order valence-corrected chi connectivity index (χ4v) is 2.25. The zero-order chi connectivity index (χ0) is 16.0. The molecule has 0 saturated heterocycles. The third kappa shape index (κ3) is 4.99. The highest BCUT2D eigenvalue weighted by Gasteiger charge is 2.12. The van der Waals surface area contributed by atoms with Gasteiger partial charge in [-0.05, 0) is 35.1 Å². The van der Waals surface area contributed by atoms with Gasteiger partial charge in [0.25, 0.3) is 0 Å². The minimum Gasteiger partial charge on any atom is -0.355 e. The van der Waals surface area contributed by atoms with Crippen LogP contribution in [-0.4, -0.2) is 17.4 Å². The summed E-state index contributed by atoms with van der Waals surface area (Å²) in [5.74, 6) is 0.0185. The molecular weight excluding hydrogens is 272 g/mol. The minimum absolute atomic E-state index is 0.0185. The van der Waals surface area contributed by atoms with Crippen molar-refractivity contribution in [1.29, 1.82) is 0 Å². The van der Waals surface area contributed by atoms with Gasteiger partial charge < -0.3 is 5.32 Å². The number of benzene rings is 1. The predicted octanol–water partition coefficient (Wildman–Crippen LogP) is 3.28. The van der Waals surface area contributed by atoms with E-state index in [1.807, 2.05) is 18.2 Å². The summed E-state index contributed by atoms with van der Waals surface area (Å²) >= 11 is 0. The number of hydrogen-bond donors (Lipinski definition) is 1. The maximum absolute atomic E-state index is 11.8. The van der Waals surface area contributed by atoms with Crippen molar-refractivity contribution in [3.63, 3.8) is 0 Å². The van der Waals surface area contributed by atoms with Crippen molar-refractivity contribution in [1.82, 2.24) is 10.3 Å². The van der Waals surface area contributed by atoms with Gasteiger partial charge in [0.2, 0.25) is 5.91 Å². The van der Waals surface area contributed by atoms with Crippen LogP contribution in [0, 0.1) is 0 Å². The van der Waals surface area contributed by atoms with Crippen LogP contribution >= 0.6 is 0 Å². The standard InChI is InChI=1S/C19H24N2O/c1-19(2,3)16-9-7-15(8-10-16)11-13-21-18(22)14-17-6-4-5-12-20-17/h4-10,12H,11,13-14H2,1-3H3,(H,21,22). The van der Waals surface area contributed by atoms with E-state index in [0.29, 0.717) is 13.0 Å². The molecule has 1 amide bonds. The van der Waals surface area contributed by atoms with E-state index in [1.165, 1.54) is 11.1 Å². The summed E-state index contributed by atoms with van der Waals surface area (Å²) in [7, 11) is 0. The van der Waals surface area contributed by atoms with E-state index in [2.05, 4.69) is 55.3 Å². The summed E-state index contributed by atoms with van der Waals surface area (Å²) in [5.41, 5.74) is 3.55. The van der Waals surface area contributed by atoms with Gasteiger partial charge in [0.05, 0.1) is 6.42 Å². The molecule has 3 heteroatoms. The quantitative estimate of drug-likeness (QED) is 0.920. The number of rotatable bonds is 5. The molecule has 1 aromatic heterocycles. The summed E-state index contributed by atoms with van der Waals surface area (Å²) in [5, 5.41) is 2.95. The van der Waals surface area contributed by atoms with E-state index in [0.717, 1.165) is 12.1 Å². The van der Waals surface area contributed by atoms with Gasteiger partial charge in [0, 0.05) is 18.4 Å². The average molecular weight is 296 g/mol. The maximum atomic E-state index is 11.8. The molecule has 0 bridgehead atoms. The Balaban J connectivity index is 1.78. The lowest BCUT2D eigenvalue weighted by Crippen LogP contribution is -2.27. The van der Waals surface area contributed by atoms with Gasteiger partial charge in [-0.1, -0.05) is 51.1 Å². The van der Waals surface area contributed by atoms with Crippen molar-refractivity contribution in [3.8, 4) is 0 Å². The van der Waals surface area contributed by atoms with E-state index < -0.39 is 0 Å². The van der Waals surface area contributed by atoms with Crippen LogP contribution in [0.1, 0.15) is 37.6 Å².